The molecule has 124 valence electrons. The van der Waals surface area contributed by atoms with Crippen molar-refractivity contribution in [3.05, 3.63) is 94.5 Å². The van der Waals surface area contributed by atoms with Gasteiger partial charge in [0.2, 0.25) is 0 Å². The molecule has 0 atom stereocenters. The first-order chi connectivity index (χ1) is 12.2. The van der Waals surface area contributed by atoms with E-state index in [0.717, 1.165) is 11.3 Å². The number of nitro groups is 1. The lowest BCUT2D eigenvalue weighted by molar-refractivity contribution is -0.384. The first-order valence-electron chi connectivity index (χ1n) is 7.57. The fourth-order valence-electron chi connectivity index (χ4n) is 2.12. The maximum Gasteiger partial charge on any atom is 0.269 e. The summed E-state index contributed by atoms with van der Waals surface area (Å²) in [6.45, 7) is 0. The normalized spacial score (nSPS) is 10.6. The molecule has 0 aliphatic carbocycles. The number of non-ortho nitro benzene ring substituents is 1. The Hall–Kier alpha value is -3.67. The van der Waals surface area contributed by atoms with Gasteiger partial charge in [-0.25, -0.2) is 0 Å². The Balaban J connectivity index is 1.65. The van der Waals surface area contributed by atoms with E-state index in [0.29, 0.717) is 11.5 Å². The zero-order valence-electron chi connectivity index (χ0n) is 13.2. The van der Waals surface area contributed by atoms with Gasteiger partial charge in [-0.1, -0.05) is 30.3 Å². The molecule has 0 heterocycles. The van der Waals surface area contributed by atoms with Crippen molar-refractivity contribution in [2.75, 3.05) is 5.43 Å². The standard InChI is InChI=1S/C19H15N3O3/c23-22(24)17-9-11-18(12-10-17)25-19-8-4-5-15(13-19)14-20-21-16-6-2-1-3-7-16/h1-14,21H. The third-order valence-electron chi connectivity index (χ3n) is 3.32. The number of para-hydroxylation sites is 1. The monoisotopic (exact) mass is 333 g/mol. The van der Waals surface area contributed by atoms with Crippen molar-refractivity contribution in [1.29, 1.82) is 0 Å². The summed E-state index contributed by atoms with van der Waals surface area (Å²) in [7, 11) is 0. The Kier molecular flexibility index (Phi) is 5.01. The Bertz CT molecular complexity index is 878. The van der Waals surface area contributed by atoms with Crippen LogP contribution in [0.5, 0.6) is 11.5 Å². The predicted octanol–water partition coefficient (Wildman–Crippen LogP) is 4.83. The van der Waals surface area contributed by atoms with Crippen LogP contribution in [0.15, 0.2) is 84.0 Å². The van der Waals surface area contributed by atoms with Crippen molar-refractivity contribution in [3.63, 3.8) is 0 Å². The van der Waals surface area contributed by atoms with Crippen LogP contribution in [-0.2, 0) is 0 Å². The van der Waals surface area contributed by atoms with Crippen LogP contribution in [0.25, 0.3) is 0 Å². The number of hydrogen-bond acceptors (Lipinski definition) is 5. The molecule has 3 rings (SSSR count). The SMILES string of the molecule is O=[N+]([O-])c1ccc(Oc2cccc(C=NNc3ccccc3)c2)cc1. The topological polar surface area (TPSA) is 76.8 Å². The van der Waals surface area contributed by atoms with Gasteiger partial charge < -0.3 is 4.74 Å². The van der Waals surface area contributed by atoms with Crippen LogP contribution in [0.4, 0.5) is 11.4 Å². The third kappa shape index (κ3) is 4.65. The average Bonchev–Trinajstić information content (AvgIpc) is 2.63. The minimum Gasteiger partial charge on any atom is -0.457 e. The van der Waals surface area contributed by atoms with Crippen LogP contribution in [-0.4, -0.2) is 11.1 Å². The lowest BCUT2D eigenvalue weighted by Crippen LogP contribution is -1.91. The highest BCUT2D eigenvalue weighted by atomic mass is 16.6. The molecule has 0 aliphatic rings. The zero-order valence-corrected chi connectivity index (χ0v) is 13.2. The van der Waals surface area contributed by atoms with Gasteiger partial charge in [0.05, 0.1) is 16.8 Å². The third-order valence-corrected chi connectivity index (χ3v) is 3.32. The van der Waals surface area contributed by atoms with Gasteiger partial charge in [-0.2, -0.15) is 5.10 Å². The van der Waals surface area contributed by atoms with Gasteiger partial charge in [-0.15, -0.1) is 0 Å². The largest absolute Gasteiger partial charge is 0.457 e. The maximum absolute atomic E-state index is 10.7. The predicted molar refractivity (Wildman–Crippen MR) is 97.3 cm³/mol. The molecule has 0 unspecified atom stereocenters. The van der Waals surface area contributed by atoms with E-state index in [1.165, 1.54) is 12.1 Å². The first-order valence-corrected chi connectivity index (χ1v) is 7.57. The Morgan fingerprint density at radius 1 is 0.920 bits per heavy atom. The molecule has 0 aliphatic heterocycles. The van der Waals surface area contributed by atoms with Crippen molar-refractivity contribution in [3.8, 4) is 11.5 Å². The summed E-state index contributed by atoms with van der Waals surface area (Å²) < 4.78 is 5.71. The zero-order chi connectivity index (χ0) is 17.5. The van der Waals surface area contributed by atoms with Crippen molar-refractivity contribution >= 4 is 17.6 Å². The minimum atomic E-state index is -0.444. The molecule has 6 nitrogen and oxygen atoms in total. The Morgan fingerprint density at radius 2 is 1.68 bits per heavy atom. The van der Waals surface area contributed by atoms with Crippen molar-refractivity contribution in [1.82, 2.24) is 0 Å². The smallest absolute Gasteiger partial charge is 0.269 e. The van der Waals surface area contributed by atoms with E-state index in [1.54, 1.807) is 18.3 Å². The molecule has 0 saturated heterocycles. The fourth-order valence-corrected chi connectivity index (χ4v) is 2.12. The Labute approximate surface area is 144 Å². The van der Waals surface area contributed by atoms with E-state index in [1.807, 2.05) is 54.6 Å². The summed E-state index contributed by atoms with van der Waals surface area (Å²) in [6, 6.07) is 23.0. The molecule has 0 bridgehead atoms. The highest BCUT2D eigenvalue weighted by molar-refractivity contribution is 5.80. The van der Waals surface area contributed by atoms with E-state index in [9.17, 15) is 10.1 Å². The van der Waals surface area contributed by atoms with Crippen LogP contribution >= 0.6 is 0 Å². The van der Waals surface area contributed by atoms with E-state index in [-0.39, 0.29) is 5.69 Å². The van der Waals surface area contributed by atoms with Crippen molar-refractivity contribution in [2.45, 2.75) is 0 Å². The number of rotatable bonds is 6. The molecule has 6 heteroatoms. The molecule has 25 heavy (non-hydrogen) atoms. The second kappa shape index (κ2) is 7.74. The number of ether oxygens (including phenoxy) is 1. The van der Waals surface area contributed by atoms with Crippen LogP contribution in [0, 0.1) is 10.1 Å². The van der Waals surface area contributed by atoms with Gasteiger partial charge in [0.25, 0.3) is 5.69 Å². The molecule has 3 aromatic rings. The van der Waals surface area contributed by atoms with Crippen LogP contribution in [0.2, 0.25) is 0 Å². The fraction of sp³-hybridized carbons (Fsp3) is 0. The molecule has 1 N–H and O–H groups in total. The number of nitrogens with zero attached hydrogens (tertiary/aromatic N) is 2. The maximum atomic E-state index is 10.7. The van der Waals surface area contributed by atoms with Gasteiger partial charge >= 0.3 is 0 Å². The van der Waals surface area contributed by atoms with Gasteiger partial charge in [-0.05, 0) is 42.0 Å². The van der Waals surface area contributed by atoms with E-state index in [2.05, 4.69) is 10.5 Å². The number of benzene rings is 3. The molecule has 0 saturated carbocycles. The highest BCUT2D eigenvalue weighted by Gasteiger charge is 2.05. The second-order valence-electron chi connectivity index (χ2n) is 5.16. The van der Waals surface area contributed by atoms with Gasteiger partial charge in [0, 0.05) is 12.1 Å². The average molecular weight is 333 g/mol. The second-order valence-corrected chi connectivity index (χ2v) is 5.16. The summed E-state index contributed by atoms with van der Waals surface area (Å²) >= 11 is 0. The lowest BCUT2D eigenvalue weighted by Gasteiger charge is -2.06. The van der Waals surface area contributed by atoms with E-state index in [4.69, 9.17) is 4.74 Å². The van der Waals surface area contributed by atoms with E-state index < -0.39 is 4.92 Å². The summed E-state index contributed by atoms with van der Waals surface area (Å²) in [5.41, 5.74) is 4.74. The summed E-state index contributed by atoms with van der Waals surface area (Å²) in [6.07, 6.45) is 1.69. The molecule has 0 spiro atoms. The number of nitro benzene ring substituents is 1. The molecule has 0 fully saturated rings. The number of anilines is 1. The number of hydrazone groups is 1. The summed E-state index contributed by atoms with van der Waals surface area (Å²) in [4.78, 5) is 10.2. The van der Waals surface area contributed by atoms with E-state index >= 15 is 0 Å². The first kappa shape index (κ1) is 16.2. The quantitative estimate of drug-likeness (QED) is 0.398. The van der Waals surface area contributed by atoms with Crippen molar-refractivity contribution in [2.24, 2.45) is 5.10 Å². The lowest BCUT2D eigenvalue weighted by atomic mass is 10.2. The molecule has 0 amide bonds. The number of nitrogens with one attached hydrogen (secondary N) is 1. The summed E-state index contributed by atoms with van der Waals surface area (Å²) in [5.74, 6) is 1.15. The van der Waals surface area contributed by atoms with Gasteiger partial charge in [0.15, 0.2) is 0 Å². The van der Waals surface area contributed by atoms with Crippen LogP contribution in [0.3, 0.4) is 0 Å². The Morgan fingerprint density at radius 3 is 2.40 bits per heavy atom. The molecule has 3 aromatic carbocycles. The molecule has 0 aromatic heterocycles. The highest BCUT2D eigenvalue weighted by Crippen LogP contribution is 2.24. The van der Waals surface area contributed by atoms with Gasteiger partial charge in [-0.3, -0.25) is 15.5 Å². The molecular formula is C19H15N3O3. The minimum absolute atomic E-state index is 0.0280. The van der Waals surface area contributed by atoms with Crippen molar-refractivity contribution < 1.29 is 9.66 Å². The van der Waals surface area contributed by atoms with Gasteiger partial charge in [0.1, 0.15) is 11.5 Å². The van der Waals surface area contributed by atoms with Crippen LogP contribution in [0.1, 0.15) is 5.56 Å². The number of hydrogen-bond donors (Lipinski definition) is 1. The van der Waals surface area contributed by atoms with Crippen LogP contribution < -0.4 is 10.2 Å². The molecule has 0 radical (unpaired) electrons. The molecular weight excluding hydrogens is 318 g/mol. The summed E-state index contributed by atoms with van der Waals surface area (Å²) in [5, 5.41) is 14.8.